The number of likely N-dealkylation sites (N-methyl/N-ethyl adjacent to an activating group) is 1. The van der Waals surface area contributed by atoms with Crippen LogP contribution in [0.4, 0.5) is 0 Å². The van der Waals surface area contributed by atoms with E-state index < -0.39 is 0 Å². The van der Waals surface area contributed by atoms with Gasteiger partial charge in [0.15, 0.2) is 0 Å². The van der Waals surface area contributed by atoms with Crippen LogP contribution in [0, 0.1) is 11.8 Å². The van der Waals surface area contributed by atoms with E-state index in [1.54, 1.807) is 0 Å². The molecule has 2 rings (SSSR count). The Hall–Kier alpha value is -1.10. The predicted octanol–water partition coefficient (Wildman–Crippen LogP) is 1.14. The fourth-order valence-electron chi connectivity index (χ4n) is 3.49. The summed E-state index contributed by atoms with van der Waals surface area (Å²) in [5.74, 6) is 0.0913. The zero-order chi connectivity index (χ0) is 15.1. The third kappa shape index (κ3) is 4.43. The number of likely N-dealkylation sites (tertiary alicyclic amines) is 1. The largest absolute Gasteiger partial charge is 0.355 e. The smallest absolute Gasteiger partial charge is 0.226 e. The molecule has 2 amide bonds. The maximum Gasteiger partial charge on any atom is 0.226 e. The summed E-state index contributed by atoms with van der Waals surface area (Å²) < 4.78 is 0. The summed E-state index contributed by atoms with van der Waals surface area (Å²) in [6.07, 6.45) is 6.09. The van der Waals surface area contributed by atoms with Gasteiger partial charge in [-0.1, -0.05) is 19.8 Å². The normalized spacial score (nSPS) is 25.9. The molecule has 0 spiro atoms. The first-order chi connectivity index (χ1) is 10.2. The van der Waals surface area contributed by atoms with Gasteiger partial charge in [-0.15, -0.1) is 0 Å². The van der Waals surface area contributed by atoms with E-state index in [9.17, 15) is 9.59 Å². The molecule has 1 aliphatic heterocycles. The van der Waals surface area contributed by atoms with Crippen LogP contribution in [0.15, 0.2) is 0 Å². The Kier molecular flexibility index (Phi) is 6.49. The summed E-state index contributed by atoms with van der Waals surface area (Å²) in [4.78, 5) is 27.0. The van der Waals surface area contributed by atoms with E-state index in [1.807, 2.05) is 11.8 Å². The number of carbonyl (C=O) groups excluding carboxylic acids is 2. The lowest BCUT2D eigenvalue weighted by atomic mass is 9.78. The monoisotopic (exact) mass is 295 g/mol. The summed E-state index contributed by atoms with van der Waals surface area (Å²) in [5, 5.41) is 6.19. The highest BCUT2D eigenvalue weighted by Gasteiger charge is 2.38. The van der Waals surface area contributed by atoms with E-state index in [0.717, 1.165) is 64.7 Å². The molecule has 1 aliphatic carbocycles. The fraction of sp³-hybridized carbons (Fsp3) is 0.875. The van der Waals surface area contributed by atoms with Crippen molar-refractivity contribution in [2.45, 2.75) is 45.4 Å². The highest BCUT2D eigenvalue weighted by Crippen LogP contribution is 2.32. The van der Waals surface area contributed by atoms with Crippen LogP contribution < -0.4 is 10.6 Å². The zero-order valence-electron chi connectivity index (χ0n) is 13.2. The standard InChI is InChI=1S/C16H29N3O2/c1-2-17-9-10-18-15(20)13-7-3-4-8-14(13)16(21)19-11-5-6-12-19/h13-14,17H,2-12H2,1H3,(H,18,20). The molecule has 1 heterocycles. The van der Waals surface area contributed by atoms with Crippen molar-refractivity contribution in [3.8, 4) is 0 Å². The average Bonchev–Trinajstić information content (AvgIpc) is 3.05. The van der Waals surface area contributed by atoms with Crippen LogP contribution >= 0.6 is 0 Å². The topological polar surface area (TPSA) is 61.4 Å². The van der Waals surface area contributed by atoms with Gasteiger partial charge >= 0.3 is 0 Å². The summed E-state index contributed by atoms with van der Waals surface area (Å²) in [7, 11) is 0. The van der Waals surface area contributed by atoms with Gasteiger partial charge in [0.2, 0.25) is 11.8 Å². The van der Waals surface area contributed by atoms with Crippen LogP contribution in [0.1, 0.15) is 45.4 Å². The molecule has 2 atom stereocenters. The minimum Gasteiger partial charge on any atom is -0.355 e. The van der Waals surface area contributed by atoms with Gasteiger partial charge in [-0.3, -0.25) is 9.59 Å². The number of hydrogen-bond donors (Lipinski definition) is 2. The van der Waals surface area contributed by atoms with Gasteiger partial charge < -0.3 is 15.5 Å². The van der Waals surface area contributed by atoms with Crippen molar-refractivity contribution in [1.82, 2.24) is 15.5 Å². The second kappa shape index (κ2) is 8.37. The highest BCUT2D eigenvalue weighted by atomic mass is 16.2. The number of hydrogen-bond acceptors (Lipinski definition) is 3. The number of carbonyl (C=O) groups is 2. The minimum atomic E-state index is -0.117. The van der Waals surface area contributed by atoms with Crippen molar-refractivity contribution < 1.29 is 9.59 Å². The average molecular weight is 295 g/mol. The van der Waals surface area contributed by atoms with E-state index in [-0.39, 0.29) is 23.7 Å². The summed E-state index contributed by atoms with van der Waals surface area (Å²) in [5.41, 5.74) is 0. The van der Waals surface area contributed by atoms with E-state index in [2.05, 4.69) is 10.6 Å². The molecule has 5 nitrogen and oxygen atoms in total. The molecule has 2 unspecified atom stereocenters. The van der Waals surface area contributed by atoms with Crippen LogP contribution in [0.3, 0.4) is 0 Å². The summed E-state index contributed by atoms with van der Waals surface area (Å²) in [6.45, 7) is 6.16. The molecule has 2 aliphatic rings. The molecule has 5 heteroatoms. The Balaban J connectivity index is 1.88. The molecule has 2 N–H and O–H groups in total. The lowest BCUT2D eigenvalue weighted by Crippen LogP contribution is -2.45. The van der Waals surface area contributed by atoms with Crippen molar-refractivity contribution in [3.05, 3.63) is 0 Å². The van der Waals surface area contributed by atoms with Gasteiger partial charge in [0, 0.05) is 38.0 Å². The summed E-state index contributed by atoms with van der Waals surface area (Å²) in [6, 6.07) is 0. The Morgan fingerprint density at radius 1 is 1.00 bits per heavy atom. The second-order valence-corrected chi connectivity index (χ2v) is 6.17. The Morgan fingerprint density at radius 3 is 2.33 bits per heavy atom. The minimum absolute atomic E-state index is 0.0742. The third-order valence-corrected chi connectivity index (χ3v) is 4.69. The molecule has 0 radical (unpaired) electrons. The first kappa shape index (κ1) is 16.3. The number of amides is 2. The molecule has 120 valence electrons. The summed E-state index contributed by atoms with van der Waals surface area (Å²) >= 11 is 0. The fourth-order valence-corrected chi connectivity index (χ4v) is 3.49. The Bertz CT molecular complexity index is 353. The lowest BCUT2D eigenvalue weighted by molar-refractivity contribution is -0.142. The van der Waals surface area contributed by atoms with Gasteiger partial charge in [-0.25, -0.2) is 0 Å². The molecule has 1 saturated carbocycles. The second-order valence-electron chi connectivity index (χ2n) is 6.17. The third-order valence-electron chi connectivity index (χ3n) is 4.69. The SMILES string of the molecule is CCNCCNC(=O)C1CCCCC1C(=O)N1CCCC1. The van der Waals surface area contributed by atoms with Crippen molar-refractivity contribution in [2.75, 3.05) is 32.7 Å². The zero-order valence-corrected chi connectivity index (χ0v) is 13.2. The van der Waals surface area contributed by atoms with Crippen LogP contribution in [-0.2, 0) is 9.59 Å². The molecular formula is C16H29N3O2. The maximum atomic E-state index is 12.6. The van der Waals surface area contributed by atoms with Crippen LogP contribution in [0.5, 0.6) is 0 Å². The Labute approximate surface area is 127 Å². The van der Waals surface area contributed by atoms with E-state index in [4.69, 9.17) is 0 Å². The van der Waals surface area contributed by atoms with E-state index >= 15 is 0 Å². The highest BCUT2D eigenvalue weighted by molar-refractivity contribution is 5.88. The first-order valence-corrected chi connectivity index (χ1v) is 8.51. The van der Waals surface area contributed by atoms with Gasteiger partial charge in [0.1, 0.15) is 0 Å². The number of nitrogens with zero attached hydrogens (tertiary/aromatic N) is 1. The van der Waals surface area contributed by atoms with Gasteiger partial charge in [-0.2, -0.15) is 0 Å². The predicted molar refractivity (Wildman–Crippen MR) is 82.8 cm³/mol. The quantitative estimate of drug-likeness (QED) is 0.722. The van der Waals surface area contributed by atoms with Crippen molar-refractivity contribution in [3.63, 3.8) is 0 Å². The number of nitrogens with one attached hydrogen (secondary N) is 2. The molecule has 0 aromatic rings. The maximum absolute atomic E-state index is 12.6. The van der Waals surface area contributed by atoms with E-state index in [0.29, 0.717) is 6.54 Å². The molecular weight excluding hydrogens is 266 g/mol. The Morgan fingerprint density at radius 2 is 1.67 bits per heavy atom. The molecule has 0 aromatic heterocycles. The van der Waals surface area contributed by atoms with Crippen LogP contribution in [0.25, 0.3) is 0 Å². The van der Waals surface area contributed by atoms with Crippen LogP contribution in [0.2, 0.25) is 0 Å². The van der Waals surface area contributed by atoms with Crippen LogP contribution in [-0.4, -0.2) is 49.4 Å². The lowest BCUT2D eigenvalue weighted by Gasteiger charge is -2.32. The van der Waals surface area contributed by atoms with Crippen molar-refractivity contribution in [1.29, 1.82) is 0 Å². The molecule has 0 aromatic carbocycles. The van der Waals surface area contributed by atoms with E-state index in [1.165, 1.54) is 0 Å². The molecule has 21 heavy (non-hydrogen) atoms. The van der Waals surface area contributed by atoms with Crippen molar-refractivity contribution in [2.24, 2.45) is 11.8 Å². The molecule has 1 saturated heterocycles. The molecule has 2 fully saturated rings. The first-order valence-electron chi connectivity index (χ1n) is 8.51. The van der Waals surface area contributed by atoms with Gasteiger partial charge in [0.05, 0.1) is 0 Å². The van der Waals surface area contributed by atoms with Crippen molar-refractivity contribution >= 4 is 11.8 Å². The number of rotatable bonds is 6. The van der Waals surface area contributed by atoms with Gasteiger partial charge in [0.25, 0.3) is 0 Å². The molecule has 0 bridgehead atoms. The van der Waals surface area contributed by atoms with Gasteiger partial charge in [-0.05, 0) is 32.2 Å².